The van der Waals surface area contributed by atoms with Crippen LogP contribution in [0.1, 0.15) is 31.6 Å². The van der Waals surface area contributed by atoms with Crippen LogP contribution in [0.3, 0.4) is 0 Å². The fraction of sp³-hybridized carbons (Fsp3) is 0.615. The average Bonchev–Trinajstić information content (AvgIpc) is 2.80. The summed E-state index contributed by atoms with van der Waals surface area (Å²) < 4.78 is 0. The second-order valence-corrected chi connectivity index (χ2v) is 5.48. The van der Waals surface area contributed by atoms with E-state index in [1.165, 1.54) is 4.88 Å². The number of hydrogen-bond acceptors (Lipinski definition) is 3. The Labute approximate surface area is 107 Å². The van der Waals surface area contributed by atoms with Crippen LogP contribution in [0.4, 0.5) is 0 Å². The van der Waals surface area contributed by atoms with Crippen LogP contribution in [0, 0.1) is 5.92 Å². The molecule has 0 aromatic carbocycles. The lowest BCUT2D eigenvalue weighted by Gasteiger charge is -2.19. The van der Waals surface area contributed by atoms with Crippen molar-refractivity contribution in [2.24, 2.45) is 5.92 Å². The molecule has 96 valence electrons. The molecule has 2 unspecified atom stereocenters. The van der Waals surface area contributed by atoms with Crippen molar-refractivity contribution in [2.75, 3.05) is 6.61 Å². The molecule has 0 saturated carbocycles. The van der Waals surface area contributed by atoms with Crippen molar-refractivity contribution in [3.8, 4) is 0 Å². The van der Waals surface area contributed by atoms with Crippen LogP contribution < -0.4 is 5.32 Å². The lowest BCUT2D eigenvalue weighted by Crippen LogP contribution is -2.38. The molecule has 2 N–H and O–H groups in total. The minimum absolute atomic E-state index is 0.0363. The van der Waals surface area contributed by atoms with Crippen molar-refractivity contribution < 1.29 is 9.90 Å². The van der Waals surface area contributed by atoms with E-state index in [0.29, 0.717) is 6.42 Å². The highest BCUT2D eigenvalue weighted by molar-refractivity contribution is 7.09. The third-order valence-electron chi connectivity index (χ3n) is 2.94. The first-order valence-corrected chi connectivity index (χ1v) is 6.94. The van der Waals surface area contributed by atoms with E-state index in [4.69, 9.17) is 5.11 Å². The lowest BCUT2D eigenvalue weighted by molar-refractivity contribution is -0.122. The molecule has 0 spiro atoms. The molecule has 1 amide bonds. The maximum atomic E-state index is 11.6. The van der Waals surface area contributed by atoms with E-state index >= 15 is 0 Å². The molecule has 0 fully saturated rings. The summed E-state index contributed by atoms with van der Waals surface area (Å²) in [5.41, 5.74) is 0. The molecule has 0 saturated heterocycles. The van der Waals surface area contributed by atoms with E-state index < -0.39 is 0 Å². The number of aliphatic hydroxyl groups is 1. The first kappa shape index (κ1) is 14.2. The highest BCUT2D eigenvalue weighted by atomic mass is 32.1. The molecule has 0 aliphatic carbocycles. The third-order valence-corrected chi connectivity index (χ3v) is 3.87. The second kappa shape index (κ2) is 7.45. The molecule has 0 radical (unpaired) electrons. The molecule has 2 atom stereocenters. The Kier molecular flexibility index (Phi) is 6.22. The van der Waals surface area contributed by atoms with Gasteiger partial charge in [0.05, 0.1) is 0 Å². The SMILES string of the molecule is CC(CO)C(C)NC(=O)CCCc1cccs1. The van der Waals surface area contributed by atoms with E-state index in [2.05, 4.69) is 16.8 Å². The highest BCUT2D eigenvalue weighted by Gasteiger charge is 2.13. The number of carbonyl (C=O) groups is 1. The van der Waals surface area contributed by atoms with Gasteiger partial charge in [0.2, 0.25) is 5.91 Å². The lowest BCUT2D eigenvalue weighted by atomic mass is 10.0. The van der Waals surface area contributed by atoms with Crippen molar-refractivity contribution in [1.82, 2.24) is 5.32 Å². The Morgan fingerprint density at radius 1 is 1.53 bits per heavy atom. The van der Waals surface area contributed by atoms with Gasteiger partial charge in [-0.1, -0.05) is 13.0 Å². The smallest absolute Gasteiger partial charge is 0.220 e. The van der Waals surface area contributed by atoms with Gasteiger partial charge in [0.25, 0.3) is 0 Å². The Morgan fingerprint density at radius 2 is 2.29 bits per heavy atom. The first-order valence-electron chi connectivity index (χ1n) is 6.06. The van der Waals surface area contributed by atoms with Gasteiger partial charge in [-0.15, -0.1) is 11.3 Å². The number of nitrogens with one attached hydrogen (secondary N) is 1. The number of aliphatic hydroxyl groups excluding tert-OH is 1. The summed E-state index contributed by atoms with van der Waals surface area (Å²) in [5, 5.41) is 13.9. The van der Waals surface area contributed by atoms with Crippen LogP contribution in [0.5, 0.6) is 0 Å². The summed E-state index contributed by atoms with van der Waals surface area (Å²) in [6, 6.07) is 4.17. The minimum Gasteiger partial charge on any atom is -0.396 e. The zero-order valence-electron chi connectivity index (χ0n) is 10.5. The maximum Gasteiger partial charge on any atom is 0.220 e. The summed E-state index contributed by atoms with van der Waals surface area (Å²) in [7, 11) is 0. The molecular weight excluding hydrogens is 234 g/mol. The Hall–Kier alpha value is -0.870. The van der Waals surface area contributed by atoms with E-state index in [0.717, 1.165) is 12.8 Å². The van der Waals surface area contributed by atoms with Gasteiger partial charge in [0, 0.05) is 23.9 Å². The maximum absolute atomic E-state index is 11.6. The molecule has 1 aromatic rings. The zero-order chi connectivity index (χ0) is 12.7. The van der Waals surface area contributed by atoms with Gasteiger partial charge in [-0.05, 0) is 37.1 Å². The van der Waals surface area contributed by atoms with Gasteiger partial charge < -0.3 is 10.4 Å². The fourth-order valence-electron chi connectivity index (χ4n) is 1.50. The summed E-state index contributed by atoms with van der Waals surface area (Å²) >= 11 is 1.73. The number of carbonyl (C=O) groups excluding carboxylic acids is 1. The topological polar surface area (TPSA) is 49.3 Å². The van der Waals surface area contributed by atoms with E-state index in [9.17, 15) is 4.79 Å². The van der Waals surface area contributed by atoms with Gasteiger partial charge >= 0.3 is 0 Å². The van der Waals surface area contributed by atoms with Crippen molar-refractivity contribution >= 4 is 17.2 Å². The van der Waals surface area contributed by atoms with Crippen molar-refractivity contribution in [2.45, 2.75) is 39.2 Å². The standard InChI is InChI=1S/C13H21NO2S/c1-10(9-15)11(2)14-13(16)7-3-5-12-6-4-8-17-12/h4,6,8,10-11,15H,3,5,7,9H2,1-2H3,(H,14,16). The molecule has 1 rings (SSSR count). The first-order chi connectivity index (χ1) is 8.13. The van der Waals surface area contributed by atoms with E-state index in [-0.39, 0.29) is 24.5 Å². The van der Waals surface area contributed by atoms with Gasteiger partial charge in [0.15, 0.2) is 0 Å². The van der Waals surface area contributed by atoms with Gasteiger partial charge in [0.1, 0.15) is 0 Å². The predicted molar refractivity (Wildman–Crippen MR) is 71.1 cm³/mol. The minimum atomic E-state index is 0.0363. The average molecular weight is 255 g/mol. The number of aryl methyl sites for hydroxylation is 1. The van der Waals surface area contributed by atoms with Crippen LogP contribution >= 0.6 is 11.3 Å². The number of amides is 1. The normalized spacial score (nSPS) is 14.3. The van der Waals surface area contributed by atoms with E-state index in [1.54, 1.807) is 11.3 Å². The van der Waals surface area contributed by atoms with Gasteiger partial charge in [-0.2, -0.15) is 0 Å². The van der Waals surface area contributed by atoms with Crippen molar-refractivity contribution in [3.63, 3.8) is 0 Å². The van der Waals surface area contributed by atoms with Crippen LogP contribution in [0.25, 0.3) is 0 Å². The molecule has 4 heteroatoms. The van der Waals surface area contributed by atoms with Crippen LogP contribution in [-0.4, -0.2) is 23.7 Å². The summed E-state index contributed by atoms with van der Waals surface area (Å²) in [6.07, 6.45) is 2.40. The molecule has 0 bridgehead atoms. The van der Waals surface area contributed by atoms with Gasteiger partial charge in [-0.3, -0.25) is 4.79 Å². The monoisotopic (exact) mass is 255 g/mol. The summed E-state index contributed by atoms with van der Waals surface area (Å²) in [4.78, 5) is 12.9. The predicted octanol–water partition coefficient (Wildman–Crippen LogP) is 2.20. The van der Waals surface area contributed by atoms with Crippen molar-refractivity contribution in [3.05, 3.63) is 22.4 Å². The summed E-state index contributed by atoms with van der Waals surface area (Å²) in [5.74, 6) is 0.186. The fourth-order valence-corrected chi connectivity index (χ4v) is 2.26. The largest absolute Gasteiger partial charge is 0.396 e. The van der Waals surface area contributed by atoms with E-state index in [1.807, 2.05) is 19.9 Å². The van der Waals surface area contributed by atoms with Crippen LogP contribution in [0.15, 0.2) is 17.5 Å². The number of rotatable bonds is 7. The molecule has 1 aromatic heterocycles. The van der Waals surface area contributed by atoms with Crippen LogP contribution in [-0.2, 0) is 11.2 Å². The molecule has 3 nitrogen and oxygen atoms in total. The molecule has 1 heterocycles. The molecular formula is C13H21NO2S. The zero-order valence-corrected chi connectivity index (χ0v) is 11.3. The Morgan fingerprint density at radius 3 is 2.88 bits per heavy atom. The van der Waals surface area contributed by atoms with Crippen LogP contribution in [0.2, 0.25) is 0 Å². The Balaban J connectivity index is 2.17. The Bertz CT molecular complexity index is 324. The molecule has 0 aliphatic rings. The molecule has 0 aliphatic heterocycles. The van der Waals surface area contributed by atoms with Crippen molar-refractivity contribution in [1.29, 1.82) is 0 Å². The highest BCUT2D eigenvalue weighted by Crippen LogP contribution is 2.12. The second-order valence-electron chi connectivity index (χ2n) is 4.45. The third kappa shape index (κ3) is 5.33. The number of thiophene rings is 1. The van der Waals surface area contributed by atoms with Gasteiger partial charge in [-0.25, -0.2) is 0 Å². The number of hydrogen-bond donors (Lipinski definition) is 2. The molecule has 17 heavy (non-hydrogen) atoms. The summed E-state index contributed by atoms with van der Waals surface area (Å²) in [6.45, 7) is 3.96. The quantitative estimate of drug-likeness (QED) is 0.785.